The molecule has 0 radical (unpaired) electrons. The molecule has 3 heterocycles. The van der Waals surface area contributed by atoms with Crippen molar-refractivity contribution >= 4 is 28.7 Å². The molecule has 0 bridgehead atoms. The van der Waals surface area contributed by atoms with E-state index in [0.717, 1.165) is 10.9 Å². The molecular formula is C18H20N4O3. The quantitative estimate of drug-likeness (QED) is 0.812. The predicted molar refractivity (Wildman–Crippen MR) is 92.2 cm³/mol. The van der Waals surface area contributed by atoms with Gasteiger partial charge in [0.2, 0.25) is 0 Å². The van der Waals surface area contributed by atoms with E-state index in [0.29, 0.717) is 38.2 Å². The first-order valence-electron chi connectivity index (χ1n) is 8.55. The normalized spacial score (nSPS) is 19.3. The molecule has 0 atom stereocenters. The Labute approximate surface area is 145 Å². The lowest BCUT2D eigenvalue weighted by atomic mass is 9.87. The lowest BCUT2D eigenvalue weighted by Gasteiger charge is -2.37. The van der Waals surface area contributed by atoms with E-state index in [1.165, 1.54) is 0 Å². The van der Waals surface area contributed by atoms with Crippen LogP contribution in [0.4, 0.5) is 4.79 Å². The molecule has 0 saturated carbocycles. The topological polar surface area (TPSA) is 83.4 Å². The number of fused-ring (bicyclic) bond motifs is 1. The van der Waals surface area contributed by atoms with Gasteiger partial charge in [-0.2, -0.15) is 0 Å². The highest BCUT2D eigenvalue weighted by Gasteiger charge is 2.48. The molecule has 0 aliphatic carbocycles. The van der Waals surface area contributed by atoms with Gasteiger partial charge in [0.05, 0.1) is 0 Å². The molecule has 7 heteroatoms. The molecule has 2 N–H and O–H groups in total. The fourth-order valence-corrected chi connectivity index (χ4v) is 3.86. The molecule has 1 aromatic heterocycles. The fraction of sp³-hybridized carbons (Fsp3) is 0.389. The number of carbonyl (C=O) groups excluding carboxylic acids is 3. The van der Waals surface area contributed by atoms with Crippen molar-refractivity contribution < 1.29 is 14.4 Å². The highest BCUT2D eigenvalue weighted by atomic mass is 16.2. The van der Waals surface area contributed by atoms with Crippen LogP contribution in [0, 0.1) is 0 Å². The molecule has 4 amide bonds. The molecule has 2 aromatic rings. The van der Waals surface area contributed by atoms with Crippen molar-refractivity contribution in [3.63, 3.8) is 0 Å². The molecular weight excluding hydrogens is 320 g/mol. The van der Waals surface area contributed by atoms with E-state index in [1.54, 1.807) is 4.90 Å². The lowest BCUT2D eigenvalue weighted by molar-refractivity contribution is -0.125. The summed E-state index contributed by atoms with van der Waals surface area (Å²) in [6, 6.07) is 9.42. The Kier molecular flexibility index (Phi) is 3.52. The molecule has 25 heavy (non-hydrogen) atoms. The molecule has 130 valence electrons. The van der Waals surface area contributed by atoms with Crippen LogP contribution in [0.5, 0.6) is 0 Å². The van der Waals surface area contributed by atoms with Crippen LogP contribution >= 0.6 is 0 Å². The summed E-state index contributed by atoms with van der Waals surface area (Å²) in [5, 5.41) is 6.06. The number of benzene rings is 1. The first kappa shape index (κ1) is 15.7. The van der Waals surface area contributed by atoms with Gasteiger partial charge in [-0.15, -0.1) is 0 Å². The van der Waals surface area contributed by atoms with Gasteiger partial charge in [0.1, 0.15) is 11.2 Å². The highest BCUT2D eigenvalue weighted by molar-refractivity contribution is 6.07. The summed E-state index contributed by atoms with van der Waals surface area (Å²) in [6.45, 7) is 3.62. The Morgan fingerprint density at radius 1 is 1.20 bits per heavy atom. The molecule has 7 nitrogen and oxygen atoms in total. The average molecular weight is 340 g/mol. The van der Waals surface area contributed by atoms with Crippen LogP contribution in [0.2, 0.25) is 0 Å². The number of rotatable bonds is 2. The monoisotopic (exact) mass is 340 g/mol. The van der Waals surface area contributed by atoms with Crippen molar-refractivity contribution in [1.82, 2.24) is 20.1 Å². The molecule has 2 saturated heterocycles. The number of aromatic nitrogens is 1. The summed E-state index contributed by atoms with van der Waals surface area (Å²) in [4.78, 5) is 38.2. The summed E-state index contributed by atoms with van der Waals surface area (Å²) in [5.41, 5.74) is 0.856. The maximum atomic E-state index is 13.0. The van der Waals surface area contributed by atoms with E-state index in [-0.39, 0.29) is 11.8 Å². The molecule has 1 spiro atoms. The summed E-state index contributed by atoms with van der Waals surface area (Å²) in [5.74, 6) is -0.315. The number of amides is 4. The number of hydrogen-bond donors (Lipinski definition) is 2. The van der Waals surface area contributed by atoms with Crippen molar-refractivity contribution in [3.05, 3.63) is 36.0 Å². The Balaban J connectivity index is 1.57. The SMILES string of the molecule is CCn1c(C(=O)N2CCC3(CC2)NC(=O)NC3=O)cc2ccccc21. The number of urea groups is 1. The van der Waals surface area contributed by atoms with Gasteiger partial charge in [-0.1, -0.05) is 18.2 Å². The third-order valence-electron chi connectivity index (χ3n) is 5.26. The predicted octanol–water partition coefficient (Wildman–Crippen LogP) is 1.48. The van der Waals surface area contributed by atoms with Crippen molar-refractivity contribution in [2.24, 2.45) is 0 Å². The van der Waals surface area contributed by atoms with Crippen molar-refractivity contribution in [2.45, 2.75) is 31.8 Å². The number of nitrogens with zero attached hydrogens (tertiary/aromatic N) is 2. The van der Waals surface area contributed by atoms with Gasteiger partial charge >= 0.3 is 6.03 Å². The van der Waals surface area contributed by atoms with Gasteiger partial charge < -0.3 is 14.8 Å². The lowest BCUT2D eigenvalue weighted by Crippen LogP contribution is -2.55. The van der Waals surface area contributed by atoms with Crippen molar-refractivity contribution in [1.29, 1.82) is 0 Å². The van der Waals surface area contributed by atoms with Crippen LogP contribution in [0.3, 0.4) is 0 Å². The molecule has 2 aliphatic heterocycles. The second-order valence-electron chi connectivity index (χ2n) is 6.62. The minimum absolute atomic E-state index is 0.0300. The maximum Gasteiger partial charge on any atom is 0.322 e. The minimum atomic E-state index is -0.856. The van der Waals surface area contributed by atoms with Crippen LogP contribution in [-0.4, -0.2) is 45.9 Å². The van der Waals surface area contributed by atoms with Crippen LogP contribution in [0.15, 0.2) is 30.3 Å². The Morgan fingerprint density at radius 2 is 1.92 bits per heavy atom. The first-order chi connectivity index (χ1) is 12.0. The Bertz CT molecular complexity index is 878. The number of imide groups is 1. The van der Waals surface area contributed by atoms with Crippen molar-refractivity contribution in [3.8, 4) is 0 Å². The van der Waals surface area contributed by atoms with E-state index in [4.69, 9.17) is 0 Å². The smallest absolute Gasteiger partial charge is 0.322 e. The highest BCUT2D eigenvalue weighted by Crippen LogP contribution is 2.27. The van der Waals surface area contributed by atoms with Crippen LogP contribution in [0.1, 0.15) is 30.3 Å². The van der Waals surface area contributed by atoms with Gasteiger partial charge in [-0.25, -0.2) is 4.79 Å². The van der Waals surface area contributed by atoms with E-state index in [9.17, 15) is 14.4 Å². The molecule has 0 unspecified atom stereocenters. The standard InChI is InChI=1S/C18H20N4O3/c1-2-22-13-6-4-3-5-12(13)11-14(22)15(23)21-9-7-18(8-10-21)16(24)19-17(25)20-18/h3-6,11H,2,7-10H2,1H3,(H2,19,20,24,25). The van der Waals surface area contributed by atoms with Crippen LogP contribution in [0.25, 0.3) is 10.9 Å². The minimum Gasteiger partial charge on any atom is -0.337 e. The summed E-state index contributed by atoms with van der Waals surface area (Å²) in [6.07, 6.45) is 0.866. The number of aryl methyl sites for hydroxylation is 1. The number of hydrogen-bond acceptors (Lipinski definition) is 3. The largest absolute Gasteiger partial charge is 0.337 e. The summed E-state index contributed by atoms with van der Waals surface area (Å²) < 4.78 is 2.02. The first-order valence-corrected chi connectivity index (χ1v) is 8.55. The van der Waals surface area contributed by atoms with Gasteiger partial charge in [0.25, 0.3) is 11.8 Å². The van der Waals surface area contributed by atoms with Gasteiger partial charge in [-0.05, 0) is 31.9 Å². The fourth-order valence-electron chi connectivity index (χ4n) is 3.86. The van der Waals surface area contributed by atoms with E-state index >= 15 is 0 Å². The zero-order chi connectivity index (χ0) is 17.6. The van der Waals surface area contributed by atoms with E-state index < -0.39 is 11.6 Å². The van der Waals surface area contributed by atoms with Gasteiger partial charge in [0.15, 0.2) is 0 Å². The number of piperidine rings is 1. The van der Waals surface area contributed by atoms with E-state index in [1.807, 2.05) is 41.8 Å². The third-order valence-corrected chi connectivity index (χ3v) is 5.26. The van der Waals surface area contributed by atoms with Gasteiger partial charge in [-0.3, -0.25) is 14.9 Å². The van der Waals surface area contributed by atoms with E-state index in [2.05, 4.69) is 10.6 Å². The Morgan fingerprint density at radius 3 is 2.56 bits per heavy atom. The third kappa shape index (κ3) is 2.38. The van der Waals surface area contributed by atoms with Crippen LogP contribution in [-0.2, 0) is 11.3 Å². The second-order valence-corrected chi connectivity index (χ2v) is 6.62. The summed E-state index contributed by atoms with van der Waals surface area (Å²) in [7, 11) is 0. The van der Waals surface area contributed by atoms with Crippen molar-refractivity contribution in [2.75, 3.05) is 13.1 Å². The number of para-hydroxylation sites is 1. The van der Waals surface area contributed by atoms with Gasteiger partial charge in [0, 0.05) is 30.5 Å². The molecule has 1 aromatic carbocycles. The second kappa shape index (κ2) is 5.61. The molecule has 2 fully saturated rings. The molecule has 2 aliphatic rings. The Hall–Kier alpha value is -2.83. The number of carbonyl (C=O) groups is 3. The van der Waals surface area contributed by atoms with Crippen LogP contribution < -0.4 is 10.6 Å². The summed E-state index contributed by atoms with van der Waals surface area (Å²) >= 11 is 0. The zero-order valence-corrected chi connectivity index (χ0v) is 14.0. The zero-order valence-electron chi connectivity index (χ0n) is 14.0. The number of likely N-dealkylation sites (tertiary alicyclic amines) is 1. The average Bonchev–Trinajstić information content (AvgIpc) is 3.12. The number of nitrogens with one attached hydrogen (secondary N) is 2. The molecule has 4 rings (SSSR count). The maximum absolute atomic E-state index is 13.0.